The molecule has 0 atom stereocenters. The summed E-state index contributed by atoms with van der Waals surface area (Å²) in [6.45, 7) is 6.24. The van der Waals surface area contributed by atoms with Crippen molar-refractivity contribution in [3.05, 3.63) is 59.2 Å². The maximum Gasteiger partial charge on any atom is 0.336 e. The molecule has 0 saturated heterocycles. The van der Waals surface area contributed by atoms with Gasteiger partial charge >= 0.3 is 5.97 Å². The van der Waals surface area contributed by atoms with Gasteiger partial charge in [-0.1, -0.05) is 55.8 Å². The first kappa shape index (κ1) is 13.3. The normalized spacial score (nSPS) is 10.7. The number of benzene rings is 2. The molecule has 2 aromatic rings. The third-order valence-electron chi connectivity index (χ3n) is 3.27. The lowest BCUT2D eigenvalue weighted by Gasteiger charge is -2.11. The average Bonchev–Trinajstić information content (AvgIpc) is 2.38. The van der Waals surface area contributed by atoms with Crippen LogP contribution in [0.5, 0.6) is 0 Å². The zero-order chi connectivity index (χ0) is 14.0. The highest BCUT2D eigenvalue weighted by molar-refractivity contribution is 5.96. The second-order valence-corrected chi connectivity index (χ2v) is 5.13. The van der Waals surface area contributed by atoms with E-state index < -0.39 is 5.97 Å². The molecule has 0 aliphatic heterocycles. The minimum absolute atomic E-state index is 0.353. The predicted molar refractivity (Wildman–Crippen MR) is 77.7 cm³/mol. The Morgan fingerprint density at radius 1 is 1.11 bits per heavy atom. The highest BCUT2D eigenvalue weighted by Gasteiger charge is 2.12. The van der Waals surface area contributed by atoms with Crippen LogP contribution in [0.3, 0.4) is 0 Å². The summed E-state index contributed by atoms with van der Waals surface area (Å²) >= 11 is 0. The Morgan fingerprint density at radius 3 is 2.47 bits per heavy atom. The van der Waals surface area contributed by atoms with Gasteiger partial charge in [0.05, 0.1) is 5.56 Å². The van der Waals surface area contributed by atoms with Crippen LogP contribution < -0.4 is 0 Å². The number of rotatable bonds is 3. The summed E-state index contributed by atoms with van der Waals surface area (Å²) in [5.74, 6) is -0.456. The van der Waals surface area contributed by atoms with Gasteiger partial charge in [-0.3, -0.25) is 0 Å². The molecule has 0 aliphatic carbocycles. The molecular formula is C17H18O2. The topological polar surface area (TPSA) is 37.3 Å². The summed E-state index contributed by atoms with van der Waals surface area (Å²) in [6.07, 6.45) is 0. The number of hydrogen-bond donors (Lipinski definition) is 1. The molecule has 2 rings (SSSR count). The molecule has 0 radical (unpaired) electrons. The van der Waals surface area contributed by atoms with E-state index in [-0.39, 0.29) is 0 Å². The third-order valence-corrected chi connectivity index (χ3v) is 3.27. The van der Waals surface area contributed by atoms with E-state index in [0.29, 0.717) is 11.5 Å². The van der Waals surface area contributed by atoms with Gasteiger partial charge < -0.3 is 5.11 Å². The molecule has 0 spiro atoms. The van der Waals surface area contributed by atoms with Crippen molar-refractivity contribution in [2.75, 3.05) is 0 Å². The molecule has 0 aromatic heterocycles. The number of aromatic carboxylic acids is 1. The van der Waals surface area contributed by atoms with Crippen LogP contribution in [-0.2, 0) is 0 Å². The fourth-order valence-electron chi connectivity index (χ4n) is 2.15. The highest BCUT2D eigenvalue weighted by Crippen LogP contribution is 2.28. The summed E-state index contributed by atoms with van der Waals surface area (Å²) in [4.78, 5) is 11.3. The number of carboxylic acid groups (broad SMARTS) is 1. The van der Waals surface area contributed by atoms with Crippen LogP contribution in [0.2, 0.25) is 0 Å². The molecule has 0 amide bonds. The minimum Gasteiger partial charge on any atom is -0.478 e. The minimum atomic E-state index is -0.884. The van der Waals surface area contributed by atoms with Gasteiger partial charge in [-0.05, 0) is 35.6 Å². The zero-order valence-electron chi connectivity index (χ0n) is 11.5. The summed E-state index contributed by atoms with van der Waals surface area (Å²) < 4.78 is 0. The van der Waals surface area contributed by atoms with Crippen molar-refractivity contribution in [1.82, 2.24) is 0 Å². The maximum atomic E-state index is 11.3. The summed E-state index contributed by atoms with van der Waals surface area (Å²) in [5, 5.41) is 9.30. The smallest absolute Gasteiger partial charge is 0.336 e. The van der Waals surface area contributed by atoms with Gasteiger partial charge in [0.1, 0.15) is 0 Å². The van der Waals surface area contributed by atoms with E-state index >= 15 is 0 Å². The zero-order valence-corrected chi connectivity index (χ0v) is 11.5. The molecule has 0 aliphatic rings. The van der Waals surface area contributed by atoms with E-state index in [0.717, 1.165) is 16.7 Å². The molecular weight excluding hydrogens is 236 g/mol. The van der Waals surface area contributed by atoms with Crippen molar-refractivity contribution in [1.29, 1.82) is 0 Å². The molecule has 0 fully saturated rings. The fraction of sp³-hybridized carbons (Fsp3) is 0.235. The van der Waals surface area contributed by atoms with Crippen LogP contribution in [0.4, 0.5) is 0 Å². The number of aryl methyl sites for hydroxylation is 1. The molecule has 98 valence electrons. The van der Waals surface area contributed by atoms with E-state index in [1.54, 1.807) is 6.07 Å². The molecule has 19 heavy (non-hydrogen) atoms. The van der Waals surface area contributed by atoms with Gasteiger partial charge in [-0.25, -0.2) is 4.79 Å². The number of hydrogen-bond acceptors (Lipinski definition) is 1. The van der Waals surface area contributed by atoms with Crippen molar-refractivity contribution < 1.29 is 9.90 Å². The maximum absolute atomic E-state index is 11.3. The van der Waals surface area contributed by atoms with E-state index in [1.165, 1.54) is 5.56 Å². The molecule has 0 unspecified atom stereocenters. The van der Waals surface area contributed by atoms with E-state index in [1.807, 2.05) is 31.2 Å². The van der Waals surface area contributed by atoms with Crippen LogP contribution in [-0.4, -0.2) is 11.1 Å². The van der Waals surface area contributed by atoms with E-state index in [4.69, 9.17) is 0 Å². The van der Waals surface area contributed by atoms with Crippen LogP contribution in [0.15, 0.2) is 42.5 Å². The lowest BCUT2D eigenvalue weighted by molar-refractivity contribution is 0.0697. The molecule has 0 saturated carbocycles. The average molecular weight is 254 g/mol. The predicted octanol–water partition coefficient (Wildman–Crippen LogP) is 4.48. The van der Waals surface area contributed by atoms with E-state index in [9.17, 15) is 9.90 Å². The van der Waals surface area contributed by atoms with Crippen molar-refractivity contribution in [3.63, 3.8) is 0 Å². The quantitative estimate of drug-likeness (QED) is 0.876. The SMILES string of the molecule is Cc1ccc(C(=O)O)c(-c2cccc(C(C)C)c2)c1. The first-order valence-electron chi connectivity index (χ1n) is 6.43. The lowest BCUT2D eigenvalue weighted by atomic mass is 9.94. The van der Waals surface area contributed by atoms with Crippen LogP contribution in [0, 0.1) is 6.92 Å². The lowest BCUT2D eigenvalue weighted by Crippen LogP contribution is -2.00. The molecule has 1 N–H and O–H groups in total. The standard InChI is InChI=1S/C17H18O2/c1-11(2)13-5-4-6-14(10-13)16-9-12(3)7-8-15(16)17(18)19/h4-11H,1-3H3,(H,18,19). The second-order valence-electron chi connectivity index (χ2n) is 5.13. The van der Waals surface area contributed by atoms with Crippen LogP contribution in [0.1, 0.15) is 41.3 Å². The van der Waals surface area contributed by atoms with Crippen molar-refractivity contribution in [3.8, 4) is 11.1 Å². The Labute approximate surface area is 113 Å². The van der Waals surface area contributed by atoms with Crippen molar-refractivity contribution in [2.24, 2.45) is 0 Å². The molecule has 2 heteroatoms. The molecule has 2 aromatic carbocycles. The van der Waals surface area contributed by atoms with Gasteiger partial charge in [-0.2, -0.15) is 0 Å². The first-order chi connectivity index (χ1) is 8.99. The Kier molecular flexibility index (Phi) is 3.70. The molecule has 0 heterocycles. The second kappa shape index (κ2) is 5.27. The Balaban J connectivity index is 2.60. The molecule has 2 nitrogen and oxygen atoms in total. The Morgan fingerprint density at radius 2 is 1.84 bits per heavy atom. The van der Waals surface area contributed by atoms with Crippen LogP contribution in [0.25, 0.3) is 11.1 Å². The Hall–Kier alpha value is -2.09. The monoisotopic (exact) mass is 254 g/mol. The Bertz CT molecular complexity index is 612. The van der Waals surface area contributed by atoms with E-state index in [2.05, 4.69) is 26.0 Å². The first-order valence-corrected chi connectivity index (χ1v) is 6.43. The van der Waals surface area contributed by atoms with Crippen molar-refractivity contribution in [2.45, 2.75) is 26.7 Å². The summed E-state index contributed by atoms with van der Waals surface area (Å²) in [5.41, 5.74) is 4.39. The highest BCUT2D eigenvalue weighted by atomic mass is 16.4. The number of carbonyl (C=O) groups is 1. The fourth-order valence-corrected chi connectivity index (χ4v) is 2.15. The third kappa shape index (κ3) is 2.84. The summed E-state index contributed by atoms with van der Waals surface area (Å²) in [7, 11) is 0. The van der Waals surface area contributed by atoms with Crippen LogP contribution >= 0.6 is 0 Å². The summed E-state index contributed by atoms with van der Waals surface area (Å²) in [6, 6.07) is 13.5. The number of carboxylic acids is 1. The molecule has 0 bridgehead atoms. The van der Waals surface area contributed by atoms with Gasteiger partial charge in [0.25, 0.3) is 0 Å². The van der Waals surface area contributed by atoms with Gasteiger partial charge in [0.2, 0.25) is 0 Å². The van der Waals surface area contributed by atoms with Gasteiger partial charge in [0.15, 0.2) is 0 Å². The van der Waals surface area contributed by atoms with Gasteiger partial charge in [0, 0.05) is 0 Å². The largest absolute Gasteiger partial charge is 0.478 e. The van der Waals surface area contributed by atoms with Crippen molar-refractivity contribution >= 4 is 5.97 Å². The van der Waals surface area contributed by atoms with Gasteiger partial charge in [-0.15, -0.1) is 0 Å².